The summed E-state index contributed by atoms with van der Waals surface area (Å²) in [4.78, 5) is 29.0. The number of sulfonamides is 1. The standard InChI is InChI=1S/C32H38ClN3O5S/c1-22-12-16-29(17-13-22)42(39,40)36(30-19-26(33)15-14-23(30)2)21-31(37)35(20-25-8-7-11-28(18-25)41-4)24(3)32(38)34-27-9-5-6-10-27/h7-8,11-19,24,27H,5-6,9-10,20-21H2,1-4H3,(H,34,38)/t24-/m1/s1. The van der Waals surface area contributed by atoms with Crippen molar-refractivity contribution >= 4 is 39.1 Å². The van der Waals surface area contributed by atoms with Crippen molar-refractivity contribution in [2.24, 2.45) is 0 Å². The molecule has 1 N–H and O–H groups in total. The third kappa shape index (κ3) is 7.44. The molecule has 1 fully saturated rings. The van der Waals surface area contributed by atoms with E-state index in [1.165, 1.54) is 17.0 Å². The molecule has 1 saturated carbocycles. The highest BCUT2D eigenvalue weighted by atomic mass is 35.5. The third-order valence-electron chi connectivity index (χ3n) is 7.68. The quantitative estimate of drug-likeness (QED) is 0.303. The predicted molar refractivity (Wildman–Crippen MR) is 165 cm³/mol. The van der Waals surface area contributed by atoms with E-state index in [2.05, 4.69) is 5.32 Å². The summed E-state index contributed by atoms with van der Waals surface area (Å²) in [7, 11) is -2.62. The van der Waals surface area contributed by atoms with Crippen LogP contribution in [0.5, 0.6) is 5.75 Å². The molecule has 1 aliphatic rings. The molecule has 3 aromatic rings. The highest BCUT2D eigenvalue weighted by Crippen LogP contribution is 2.30. The number of halogens is 1. The summed E-state index contributed by atoms with van der Waals surface area (Å²) in [6.45, 7) is 4.86. The average molecular weight is 612 g/mol. The number of hydrogen-bond donors (Lipinski definition) is 1. The number of nitrogens with one attached hydrogen (secondary N) is 1. The molecule has 0 aromatic heterocycles. The summed E-state index contributed by atoms with van der Waals surface area (Å²) < 4.78 is 34.6. The molecule has 42 heavy (non-hydrogen) atoms. The zero-order valence-corrected chi connectivity index (χ0v) is 26.0. The van der Waals surface area contributed by atoms with Gasteiger partial charge in [-0.2, -0.15) is 0 Å². The van der Waals surface area contributed by atoms with Crippen LogP contribution in [-0.4, -0.2) is 50.9 Å². The zero-order chi connectivity index (χ0) is 30.4. The number of rotatable bonds is 11. The molecular formula is C32H38ClN3O5S. The van der Waals surface area contributed by atoms with E-state index < -0.39 is 28.5 Å². The predicted octanol–water partition coefficient (Wildman–Crippen LogP) is 5.64. The van der Waals surface area contributed by atoms with Crippen LogP contribution in [0.3, 0.4) is 0 Å². The van der Waals surface area contributed by atoms with Crippen LogP contribution in [0.2, 0.25) is 5.02 Å². The Morgan fingerprint density at radius 3 is 2.38 bits per heavy atom. The van der Waals surface area contributed by atoms with Gasteiger partial charge in [0.05, 0.1) is 17.7 Å². The molecule has 8 nitrogen and oxygen atoms in total. The second kappa shape index (κ2) is 13.6. The summed E-state index contributed by atoms with van der Waals surface area (Å²) in [5.41, 5.74) is 2.58. The number of hydrogen-bond acceptors (Lipinski definition) is 5. The van der Waals surface area contributed by atoms with Crippen molar-refractivity contribution in [2.75, 3.05) is 18.0 Å². The molecule has 0 bridgehead atoms. The van der Waals surface area contributed by atoms with Gasteiger partial charge in [0.2, 0.25) is 11.8 Å². The first kappa shape index (κ1) is 31.4. The first-order chi connectivity index (χ1) is 20.0. The van der Waals surface area contributed by atoms with E-state index in [1.54, 1.807) is 63.4 Å². The maximum atomic E-state index is 14.2. The highest BCUT2D eigenvalue weighted by Gasteiger charge is 2.34. The van der Waals surface area contributed by atoms with Crippen LogP contribution in [0, 0.1) is 13.8 Å². The van der Waals surface area contributed by atoms with Crippen molar-refractivity contribution in [2.45, 2.75) is 70.0 Å². The fourth-order valence-electron chi connectivity index (χ4n) is 5.14. The van der Waals surface area contributed by atoms with Gasteiger partial charge in [-0.15, -0.1) is 0 Å². The molecule has 2 amide bonds. The Kier molecular flexibility index (Phi) is 10.2. The Balaban J connectivity index is 1.72. The van der Waals surface area contributed by atoms with Crippen LogP contribution in [0.25, 0.3) is 0 Å². The average Bonchev–Trinajstić information content (AvgIpc) is 3.49. The monoisotopic (exact) mass is 611 g/mol. The topological polar surface area (TPSA) is 96.0 Å². The highest BCUT2D eigenvalue weighted by molar-refractivity contribution is 7.92. The van der Waals surface area contributed by atoms with E-state index in [1.807, 2.05) is 19.1 Å². The first-order valence-corrected chi connectivity index (χ1v) is 15.9. The lowest BCUT2D eigenvalue weighted by atomic mass is 10.1. The molecule has 0 unspecified atom stereocenters. The number of benzene rings is 3. The largest absolute Gasteiger partial charge is 0.497 e. The Bertz CT molecular complexity index is 1520. The van der Waals surface area contributed by atoms with Crippen molar-refractivity contribution < 1.29 is 22.7 Å². The van der Waals surface area contributed by atoms with Gasteiger partial charge in [-0.05, 0) is 81.1 Å². The van der Waals surface area contributed by atoms with Crippen LogP contribution in [0.1, 0.15) is 49.3 Å². The fraction of sp³-hybridized carbons (Fsp3) is 0.375. The molecular weight excluding hydrogens is 574 g/mol. The number of nitrogens with zero attached hydrogens (tertiary/aromatic N) is 2. The molecule has 0 aliphatic heterocycles. The van der Waals surface area contributed by atoms with Crippen molar-refractivity contribution in [1.29, 1.82) is 0 Å². The maximum absolute atomic E-state index is 14.2. The Hall–Kier alpha value is -3.56. The van der Waals surface area contributed by atoms with Crippen LogP contribution in [0.4, 0.5) is 5.69 Å². The van der Waals surface area contributed by atoms with Crippen LogP contribution in [-0.2, 0) is 26.2 Å². The second-order valence-electron chi connectivity index (χ2n) is 10.8. The number of methoxy groups -OCH3 is 1. The van der Waals surface area contributed by atoms with Gasteiger partial charge >= 0.3 is 0 Å². The van der Waals surface area contributed by atoms with Gasteiger partial charge in [0.25, 0.3) is 10.0 Å². The zero-order valence-electron chi connectivity index (χ0n) is 24.5. The third-order valence-corrected chi connectivity index (χ3v) is 9.69. The van der Waals surface area contributed by atoms with Gasteiger partial charge in [-0.3, -0.25) is 13.9 Å². The van der Waals surface area contributed by atoms with Gasteiger partial charge in [0.1, 0.15) is 18.3 Å². The lowest BCUT2D eigenvalue weighted by molar-refractivity contribution is -0.139. The second-order valence-corrected chi connectivity index (χ2v) is 13.1. The van der Waals surface area contributed by atoms with Gasteiger partial charge in [-0.25, -0.2) is 8.42 Å². The molecule has 0 spiro atoms. The van der Waals surface area contributed by atoms with Crippen LogP contribution >= 0.6 is 11.6 Å². The normalized spacial score (nSPS) is 14.3. The number of aryl methyl sites for hydroxylation is 2. The number of carbonyl (C=O) groups excluding carboxylic acids is 2. The van der Waals surface area contributed by atoms with Crippen molar-refractivity contribution in [1.82, 2.24) is 10.2 Å². The number of carbonyl (C=O) groups is 2. The van der Waals surface area contributed by atoms with Crippen molar-refractivity contribution in [3.63, 3.8) is 0 Å². The first-order valence-electron chi connectivity index (χ1n) is 14.1. The molecule has 0 heterocycles. The van der Waals surface area contributed by atoms with E-state index >= 15 is 0 Å². The molecule has 224 valence electrons. The minimum atomic E-state index is -4.18. The minimum Gasteiger partial charge on any atom is -0.497 e. The number of anilines is 1. The number of ether oxygens (including phenoxy) is 1. The smallest absolute Gasteiger partial charge is 0.264 e. The minimum absolute atomic E-state index is 0.0478. The van der Waals surface area contributed by atoms with Crippen molar-refractivity contribution in [3.05, 3.63) is 88.4 Å². The van der Waals surface area contributed by atoms with E-state index in [4.69, 9.17) is 16.3 Å². The summed E-state index contributed by atoms with van der Waals surface area (Å²) in [5.74, 6) is -0.187. The fourth-order valence-corrected chi connectivity index (χ4v) is 6.78. The van der Waals surface area contributed by atoms with E-state index in [-0.39, 0.29) is 23.4 Å². The van der Waals surface area contributed by atoms with Crippen LogP contribution < -0.4 is 14.4 Å². The summed E-state index contributed by atoms with van der Waals surface area (Å²) in [6.07, 6.45) is 3.91. The Labute approximate surface area is 253 Å². The van der Waals surface area contributed by atoms with Gasteiger partial charge in [0.15, 0.2) is 0 Å². The summed E-state index contributed by atoms with van der Waals surface area (Å²) in [5, 5.41) is 3.42. The van der Waals surface area contributed by atoms with E-state index in [9.17, 15) is 18.0 Å². The molecule has 4 rings (SSSR count). The SMILES string of the molecule is COc1cccc(CN(C(=O)CN(c2cc(Cl)ccc2C)S(=O)(=O)c2ccc(C)cc2)[C@H](C)C(=O)NC2CCCC2)c1. The molecule has 10 heteroatoms. The van der Waals surface area contributed by atoms with Gasteiger partial charge in [-0.1, -0.05) is 60.3 Å². The molecule has 0 saturated heterocycles. The molecule has 1 atom stereocenters. The Morgan fingerprint density at radius 1 is 1.02 bits per heavy atom. The molecule has 1 aliphatic carbocycles. The van der Waals surface area contributed by atoms with Crippen LogP contribution in [0.15, 0.2) is 71.6 Å². The molecule has 0 radical (unpaired) electrons. The summed E-state index contributed by atoms with van der Waals surface area (Å²) >= 11 is 6.30. The summed E-state index contributed by atoms with van der Waals surface area (Å²) in [6, 6.07) is 17.8. The van der Waals surface area contributed by atoms with Gasteiger partial charge < -0.3 is 15.0 Å². The lowest BCUT2D eigenvalue weighted by Crippen LogP contribution is -2.52. The molecule has 3 aromatic carbocycles. The van der Waals surface area contributed by atoms with E-state index in [0.717, 1.165) is 41.1 Å². The Morgan fingerprint density at radius 2 is 1.71 bits per heavy atom. The van der Waals surface area contributed by atoms with Gasteiger partial charge in [0, 0.05) is 17.6 Å². The van der Waals surface area contributed by atoms with Crippen molar-refractivity contribution in [3.8, 4) is 5.75 Å². The maximum Gasteiger partial charge on any atom is 0.264 e. The van der Waals surface area contributed by atoms with E-state index in [0.29, 0.717) is 22.0 Å². The lowest BCUT2D eigenvalue weighted by Gasteiger charge is -2.33. The number of amides is 2.